The van der Waals surface area contributed by atoms with Crippen LogP contribution in [0.4, 0.5) is 0 Å². The zero-order chi connectivity index (χ0) is 14.1. The maximum absolute atomic E-state index is 12.4. The van der Waals surface area contributed by atoms with Gasteiger partial charge < -0.3 is 19.2 Å². The number of methoxy groups -OCH3 is 2. The highest BCUT2D eigenvalue weighted by molar-refractivity contribution is 5.96. The molecule has 7 nitrogen and oxygen atoms in total. The molecule has 1 rings (SSSR count). The van der Waals surface area contributed by atoms with Gasteiger partial charge >= 0.3 is 0 Å². The second-order valence-corrected chi connectivity index (χ2v) is 3.77. The van der Waals surface area contributed by atoms with Crippen LogP contribution in [0.1, 0.15) is 10.4 Å². The zero-order valence-electron chi connectivity index (χ0n) is 11.2. The van der Waals surface area contributed by atoms with E-state index >= 15 is 0 Å². The quantitative estimate of drug-likeness (QED) is 0.672. The van der Waals surface area contributed by atoms with Crippen molar-refractivity contribution in [1.82, 2.24) is 9.88 Å². The van der Waals surface area contributed by atoms with Crippen molar-refractivity contribution in [3.05, 3.63) is 24.0 Å². The molecule has 0 radical (unpaired) electrons. The lowest BCUT2D eigenvalue weighted by Crippen LogP contribution is -2.36. The standard InChI is InChI=1S/C12H19N3O4/c1-17-7-5-15(6-8-18-2)12(16)10-3-4-14-9-11(10)19-13/h3-4,9H,5-8,13H2,1-2H3. The van der Waals surface area contributed by atoms with Crippen molar-refractivity contribution < 1.29 is 19.1 Å². The van der Waals surface area contributed by atoms with Gasteiger partial charge in [-0.3, -0.25) is 9.78 Å². The summed E-state index contributed by atoms with van der Waals surface area (Å²) in [5.74, 6) is 5.17. The van der Waals surface area contributed by atoms with E-state index in [2.05, 4.69) is 9.82 Å². The third-order valence-electron chi connectivity index (χ3n) is 2.56. The van der Waals surface area contributed by atoms with Crippen molar-refractivity contribution >= 4 is 5.91 Å². The van der Waals surface area contributed by atoms with Crippen LogP contribution in [-0.4, -0.2) is 56.3 Å². The molecule has 1 aromatic rings. The Morgan fingerprint density at radius 3 is 2.47 bits per heavy atom. The molecule has 2 N–H and O–H groups in total. The summed E-state index contributed by atoms with van der Waals surface area (Å²) in [6.07, 6.45) is 2.92. The summed E-state index contributed by atoms with van der Waals surface area (Å²) in [5.41, 5.74) is 0.365. The molecule has 0 saturated heterocycles. The number of ether oxygens (including phenoxy) is 2. The van der Waals surface area contributed by atoms with E-state index in [1.807, 2.05) is 0 Å². The molecule has 0 aliphatic rings. The van der Waals surface area contributed by atoms with E-state index in [9.17, 15) is 4.79 Å². The lowest BCUT2D eigenvalue weighted by atomic mass is 10.2. The summed E-state index contributed by atoms with van der Waals surface area (Å²) in [7, 11) is 3.17. The minimum Gasteiger partial charge on any atom is -0.409 e. The minimum absolute atomic E-state index is 0.197. The maximum Gasteiger partial charge on any atom is 0.257 e. The number of amides is 1. The van der Waals surface area contributed by atoms with E-state index in [0.717, 1.165) is 0 Å². The highest BCUT2D eigenvalue weighted by Gasteiger charge is 2.19. The van der Waals surface area contributed by atoms with E-state index in [-0.39, 0.29) is 11.7 Å². The average molecular weight is 269 g/mol. The van der Waals surface area contributed by atoms with Crippen LogP contribution in [0.3, 0.4) is 0 Å². The fourth-order valence-corrected chi connectivity index (χ4v) is 1.54. The Morgan fingerprint density at radius 2 is 1.95 bits per heavy atom. The number of rotatable bonds is 8. The molecule has 0 bridgehead atoms. The SMILES string of the molecule is COCCN(CCOC)C(=O)c1ccncc1ON. The highest BCUT2D eigenvalue weighted by Crippen LogP contribution is 2.17. The van der Waals surface area contributed by atoms with Gasteiger partial charge in [0.25, 0.3) is 5.91 Å². The van der Waals surface area contributed by atoms with E-state index in [4.69, 9.17) is 15.4 Å². The van der Waals surface area contributed by atoms with Gasteiger partial charge in [0.2, 0.25) is 0 Å². The number of hydrogen-bond donors (Lipinski definition) is 1. The Balaban J connectivity index is 2.84. The summed E-state index contributed by atoms with van der Waals surface area (Å²) < 4.78 is 9.98. The number of nitrogens with zero attached hydrogens (tertiary/aromatic N) is 2. The first-order valence-corrected chi connectivity index (χ1v) is 5.82. The van der Waals surface area contributed by atoms with Crippen molar-refractivity contribution in [2.24, 2.45) is 5.90 Å². The number of pyridine rings is 1. The highest BCUT2D eigenvalue weighted by atomic mass is 16.6. The molecular formula is C12H19N3O4. The second kappa shape index (κ2) is 8.41. The summed E-state index contributed by atoms with van der Waals surface area (Å²) in [6.45, 7) is 1.81. The summed E-state index contributed by atoms with van der Waals surface area (Å²) in [6, 6.07) is 1.57. The normalized spacial score (nSPS) is 10.3. The molecule has 0 aliphatic carbocycles. The first kappa shape index (κ1) is 15.4. The number of nitrogens with two attached hydrogens (primary N) is 1. The van der Waals surface area contributed by atoms with Gasteiger partial charge in [0.1, 0.15) is 0 Å². The van der Waals surface area contributed by atoms with Crippen molar-refractivity contribution in [2.45, 2.75) is 0 Å². The van der Waals surface area contributed by atoms with Crippen LogP contribution in [0.25, 0.3) is 0 Å². The maximum atomic E-state index is 12.4. The fourth-order valence-electron chi connectivity index (χ4n) is 1.54. The topological polar surface area (TPSA) is 86.9 Å². The van der Waals surface area contributed by atoms with Gasteiger partial charge in [-0.05, 0) is 6.07 Å². The third-order valence-corrected chi connectivity index (χ3v) is 2.56. The van der Waals surface area contributed by atoms with Crippen molar-refractivity contribution in [3.63, 3.8) is 0 Å². The van der Waals surface area contributed by atoms with Crippen LogP contribution in [-0.2, 0) is 9.47 Å². The monoisotopic (exact) mass is 269 g/mol. The molecule has 19 heavy (non-hydrogen) atoms. The van der Waals surface area contributed by atoms with Gasteiger partial charge in [0, 0.05) is 33.5 Å². The zero-order valence-corrected chi connectivity index (χ0v) is 11.2. The predicted molar refractivity (Wildman–Crippen MR) is 68.7 cm³/mol. The van der Waals surface area contributed by atoms with Crippen LogP contribution in [0, 0.1) is 0 Å². The van der Waals surface area contributed by atoms with E-state index < -0.39 is 0 Å². The Morgan fingerprint density at radius 1 is 1.32 bits per heavy atom. The van der Waals surface area contributed by atoms with Gasteiger partial charge in [-0.1, -0.05) is 0 Å². The predicted octanol–water partition coefficient (Wildman–Crippen LogP) is 0.0691. The number of carbonyl (C=O) groups is 1. The molecule has 0 atom stereocenters. The average Bonchev–Trinajstić information content (AvgIpc) is 2.46. The van der Waals surface area contributed by atoms with Crippen LogP contribution in [0.2, 0.25) is 0 Å². The molecule has 1 aromatic heterocycles. The minimum atomic E-state index is -0.197. The summed E-state index contributed by atoms with van der Waals surface area (Å²) >= 11 is 0. The molecule has 1 heterocycles. The first-order valence-electron chi connectivity index (χ1n) is 5.82. The number of hydrogen-bond acceptors (Lipinski definition) is 6. The van der Waals surface area contributed by atoms with Crippen molar-refractivity contribution in [1.29, 1.82) is 0 Å². The van der Waals surface area contributed by atoms with Crippen molar-refractivity contribution in [2.75, 3.05) is 40.5 Å². The first-order chi connectivity index (χ1) is 9.24. The lowest BCUT2D eigenvalue weighted by Gasteiger charge is -2.22. The Kier molecular flexibility index (Phi) is 6.80. The van der Waals surface area contributed by atoms with Crippen LogP contribution >= 0.6 is 0 Å². The van der Waals surface area contributed by atoms with Gasteiger partial charge in [-0.25, -0.2) is 0 Å². The Labute approximate surface area is 112 Å². The van der Waals surface area contributed by atoms with Crippen LogP contribution < -0.4 is 10.7 Å². The fraction of sp³-hybridized carbons (Fsp3) is 0.500. The van der Waals surface area contributed by atoms with Crippen LogP contribution in [0.5, 0.6) is 5.75 Å². The van der Waals surface area contributed by atoms with Crippen LogP contribution in [0.15, 0.2) is 18.5 Å². The molecule has 7 heteroatoms. The second-order valence-electron chi connectivity index (χ2n) is 3.77. The Bertz CT molecular complexity index is 392. The molecule has 0 unspecified atom stereocenters. The summed E-state index contributed by atoms with van der Waals surface area (Å²) in [4.78, 5) is 22.5. The van der Waals surface area contributed by atoms with Gasteiger partial charge in [0.15, 0.2) is 5.75 Å². The van der Waals surface area contributed by atoms with E-state index in [1.54, 1.807) is 25.2 Å². The molecule has 1 amide bonds. The van der Waals surface area contributed by atoms with Gasteiger partial charge in [-0.15, -0.1) is 0 Å². The molecule has 0 aromatic carbocycles. The third kappa shape index (κ3) is 4.47. The van der Waals surface area contributed by atoms with Gasteiger partial charge in [-0.2, -0.15) is 5.90 Å². The molecule has 0 fully saturated rings. The van der Waals surface area contributed by atoms with E-state index in [0.29, 0.717) is 31.9 Å². The summed E-state index contributed by atoms with van der Waals surface area (Å²) in [5, 5.41) is 0. The lowest BCUT2D eigenvalue weighted by molar-refractivity contribution is 0.0623. The molecule has 0 aliphatic heterocycles. The van der Waals surface area contributed by atoms with E-state index in [1.165, 1.54) is 12.4 Å². The molecule has 106 valence electrons. The molecule has 0 spiro atoms. The van der Waals surface area contributed by atoms with Gasteiger partial charge in [0.05, 0.1) is 25.0 Å². The Hall–Kier alpha value is -1.70. The smallest absolute Gasteiger partial charge is 0.257 e. The molecule has 0 saturated carbocycles. The molecular weight excluding hydrogens is 250 g/mol. The van der Waals surface area contributed by atoms with Crippen molar-refractivity contribution in [3.8, 4) is 5.75 Å². The number of carbonyl (C=O) groups excluding carboxylic acids is 1. The largest absolute Gasteiger partial charge is 0.409 e. The number of aromatic nitrogens is 1.